The molecule has 0 aliphatic heterocycles. The van der Waals surface area contributed by atoms with Gasteiger partial charge in [-0.3, -0.25) is 4.79 Å². The van der Waals surface area contributed by atoms with E-state index in [0.717, 1.165) is 38.6 Å². The van der Waals surface area contributed by atoms with Crippen LogP contribution in [-0.4, -0.2) is 12.5 Å². The van der Waals surface area contributed by atoms with Crippen molar-refractivity contribution in [3.05, 3.63) is 12.2 Å². The topological polar surface area (TPSA) is 29.1 Å². The van der Waals surface area contributed by atoms with Crippen LogP contribution in [0.2, 0.25) is 0 Å². The zero-order valence-corrected chi connectivity index (χ0v) is 11.6. The fraction of sp³-hybridized carbons (Fsp3) is 0.800. The molecule has 0 aromatic rings. The molecule has 0 heterocycles. The highest BCUT2D eigenvalue weighted by Crippen LogP contribution is 2.04. The zero-order valence-electron chi connectivity index (χ0n) is 11.6. The normalized spacial score (nSPS) is 10.9. The fourth-order valence-corrected chi connectivity index (χ4v) is 1.70. The number of unbranched alkanes of at least 4 members (excludes halogenated alkanes) is 5. The second kappa shape index (κ2) is 13.3. The molecule has 0 spiro atoms. The Balaban J connectivity index is 3.19. The lowest BCUT2D eigenvalue weighted by Crippen LogP contribution is -2.23. The molecular weight excluding hydrogens is 210 g/mol. The largest absolute Gasteiger partial charge is 0.356 e. The Kier molecular flexibility index (Phi) is 12.7. The maximum absolute atomic E-state index is 11.4. The maximum atomic E-state index is 11.4. The molecule has 0 rings (SSSR count). The smallest absolute Gasteiger partial charge is 0.219 e. The molecule has 0 radical (unpaired) electrons. The van der Waals surface area contributed by atoms with E-state index in [4.69, 9.17) is 0 Å². The van der Waals surface area contributed by atoms with Gasteiger partial charge in [0.1, 0.15) is 0 Å². The summed E-state index contributed by atoms with van der Waals surface area (Å²) in [7, 11) is 0. The van der Waals surface area contributed by atoms with Crippen LogP contribution >= 0.6 is 0 Å². The second-order valence-corrected chi connectivity index (χ2v) is 4.54. The standard InChI is InChI=1S/C15H29NO/c1-3-5-7-8-9-10-11-13-15(17)16-14-12-6-4-2/h5,7H,3-4,6,8-14H2,1-2H3,(H,16,17). The van der Waals surface area contributed by atoms with Crippen molar-refractivity contribution in [1.82, 2.24) is 5.32 Å². The highest BCUT2D eigenvalue weighted by molar-refractivity contribution is 5.75. The van der Waals surface area contributed by atoms with E-state index in [2.05, 4.69) is 31.3 Å². The molecule has 0 aromatic carbocycles. The molecule has 100 valence electrons. The quantitative estimate of drug-likeness (QED) is 0.425. The minimum atomic E-state index is 0.227. The third-order valence-electron chi connectivity index (χ3n) is 2.78. The monoisotopic (exact) mass is 239 g/mol. The Bertz CT molecular complexity index is 199. The molecule has 1 N–H and O–H groups in total. The second-order valence-electron chi connectivity index (χ2n) is 4.54. The number of amides is 1. The number of allylic oxidation sites excluding steroid dienone is 2. The van der Waals surface area contributed by atoms with Crippen LogP contribution in [0.25, 0.3) is 0 Å². The van der Waals surface area contributed by atoms with Crippen molar-refractivity contribution in [1.29, 1.82) is 0 Å². The Labute approximate surface area is 107 Å². The van der Waals surface area contributed by atoms with E-state index in [1.807, 2.05) is 0 Å². The highest BCUT2D eigenvalue weighted by Gasteiger charge is 1.99. The van der Waals surface area contributed by atoms with Gasteiger partial charge in [0.15, 0.2) is 0 Å². The predicted molar refractivity (Wildman–Crippen MR) is 75.1 cm³/mol. The molecule has 0 saturated carbocycles. The van der Waals surface area contributed by atoms with Gasteiger partial charge in [-0.05, 0) is 32.1 Å². The Morgan fingerprint density at radius 3 is 2.53 bits per heavy atom. The van der Waals surface area contributed by atoms with Crippen LogP contribution in [0, 0.1) is 0 Å². The molecule has 0 atom stereocenters. The van der Waals surface area contributed by atoms with Crippen LogP contribution < -0.4 is 5.32 Å². The number of carbonyl (C=O) groups is 1. The summed E-state index contributed by atoms with van der Waals surface area (Å²) in [6.45, 7) is 5.18. The van der Waals surface area contributed by atoms with Gasteiger partial charge in [0.25, 0.3) is 0 Å². The fourth-order valence-electron chi connectivity index (χ4n) is 1.70. The molecule has 17 heavy (non-hydrogen) atoms. The van der Waals surface area contributed by atoms with Gasteiger partial charge in [-0.2, -0.15) is 0 Å². The van der Waals surface area contributed by atoms with Crippen molar-refractivity contribution < 1.29 is 4.79 Å². The first-order valence-corrected chi connectivity index (χ1v) is 7.23. The first-order valence-electron chi connectivity index (χ1n) is 7.23. The van der Waals surface area contributed by atoms with Crippen molar-refractivity contribution >= 4 is 5.91 Å². The van der Waals surface area contributed by atoms with Crippen LogP contribution in [0.3, 0.4) is 0 Å². The number of nitrogens with one attached hydrogen (secondary N) is 1. The molecule has 0 aliphatic rings. The summed E-state index contributed by atoms with van der Waals surface area (Å²) in [5.74, 6) is 0.227. The highest BCUT2D eigenvalue weighted by atomic mass is 16.1. The average molecular weight is 239 g/mol. The van der Waals surface area contributed by atoms with E-state index in [1.54, 1.807) is 0 Å². The molecule has 0 saturated heterocycles. The van der Waals surface area contributed by atoms with Gasteiger partial charge in [0.05, 0.1) is 0 Å². The third kappa shape index (κ3) is 13.1. The van der Waals surface area contributed by atoms with Crippen molar-refractivity contribution in [3.63, 3.8) is 0 Å². The molecule has 1 amide bonds. The average Bonchev–Trinajstić information content (AvgIpc) is 2.33. The molecule has 0 unspecified atom stereocenters. The SMILES string of the molecule is CCC=CCCCCCC(=O)NCCCCC. The molecule has 2 nitrogen and oxygen atoms in total. The predicted octanol–water partition coefficient (Wildman–Crippen LogP) is 4.21. The van der Waals surface area contributed by atoms with Gasteiger partial charge >= 0.3 is 0 Å². The van der Waals surface area contributed by atoms with E-state index >= 15 is 0 Å². The summed E-state index contributed by atoms with van der Waals surface area (Å²) >= 11 is 0. The molecule has 0 fully saturated rings. The maximum Gasteiger partial charge on any atom is 0.219 e. The van der Waals surface area contributed by atoms with Gasteiger partial charge in [0.2, 0.25) is 5.91 Å². The van der Waals surface area contributed by atoms with Gasteiger partial charge in [0, 0.05) is 13.0 Å². The van der Waals surface area contributed by atoms with Gasteiger partial charge in [-0.1, -0.05) is 45.3 Å². The summed E-state index contributed by atoms with van der Waals surface area (Å²) in [5, 5.41) is 2.98. The molecule has 0 bridgehead atoms. The van der Waals surface area contributed by atoms with Crippen LogP contribution in [0.1, 0.15) is 71.6 Å². The van der Waals surface area contributed by atoms with Crippen molar-refractivity contribution in [2.75, 3.05) is 6.54 Å². The van der Waals surface area contributed by atoms with Crippen LogP contribution in [-0.2, 0) is 4.79 Å². The Morgan fingerprint density at radius 2 is 1.82 bits per heavy atom. The van der Waals surface area contributed by atoms with Crippen LogP contribution in [0.5, 0.6) is 0 Å². The summed E-state index contributed by atoms with van der Waals surface area (Å²) < 4.78 is 0. The molecule has 0 aromatic heterocycles. The van der Waals surface area contributed by atoms with Gasteiger partial charge < -0.3 is 5.32 Å². The summed E-state index contributed by atoms with van der Waals surface area (Å²) in [4.78, 5) is 11.4. The minimum Gasteiger partial charge on any atom is -0.356 e. The first-order chi connectivity index (χ1) is 8.31. The van der Waals surface area contributed by atoms with E-state index in [-0.39, 0.29) is 5.91 Å². The van der Waals surface area contributed by atoms with E-state index in [1.165, 1.54) is 19.3 Å². The molecular formula is C15H29NO. The van der Waals surface area contributed by atoms with Gasteiger partial charge in [-0.25, -0.2) is 0 Å². The van der Waals surface area contributed by atoms with Gasteiger partial charge in [-0.15, -0.1) is 0 Å². The lowest BCUT2D eigenvalue weighted by molar-refractivity contribution is -0.121. The van der Waals surface area contributed by atoms with E-state index < -0.39 is 0 Å². The van der Waals surface area contributed by atoms with E-state index in [9.17, 15) is 4.79 Å². The number of hydrogen-bond acceptors (Lipinski definition) is 1. The summed E-state index contributed by atoms with van der Waals surface area (Å²) in [6, 6.07) is 0. The van der Waals surface area contributed by atoms with E-state index in [0.29, 0.717) is 6.42 Å². The van der Waals surface area contributed by atoms with Crippen LogP contribution in [0.4, 0.5) is 0 Å². The minimum absolute atomic E-state index is 0.227. The van der Waals surface area contributed by atoms with Crippen molar-refractivity contribution in [2.45, 2.75) is 71.6 Å². The first kappa shape index (κ1) is 16.2. The Hall–Kier alpha value is -0.790. The lowest BCUT2D eigenvalue weighted by Gasteiger charge is -2.04. The Morgan fingerprint density at radius 1 is 1.00 bits per heavy atom. The molecule has 0 aliphatic carbocycles. The number of carbonyl (C=O) groups excluding carboxylic acids is 1. The van der Waals surface area contributed by atoms with Crippen molar-refractivity contribution in [2.24, 2.45) is 0 Å². The summed E-state index contributed by atoms with van der Waals surface area (Å²) in [6.07, 6.45) is 14.4. The van der Waals surface area contributed by atoms with Crippen molar-refractivity contribution in [3.8, 4) is 0 Å². The molecule has 2 heteroatoms. The van der Waals surface area contributed by atoms with Crippen LogP contribution in [0.15, 0.2) is 12.2 Å². The summed E-state index contributed by atoms with van der Waals surface area (Å²) in [5.41, 5.74) is 0. The zero-order chi connectivity index (χ0) is 12.8. The third-order valence-corrected chi connectivity index (χ3v) is 2.78. The number of rotatable bonds is 11. The number of hydrogen-bond donors (Lipinski definition) is 1. The lowest BCUT2D eigenvalue weighted by atomic mass is 10.1.